The van der Waals surface area contributed by atoms with Crippen molar-refractivity contribution >= 4 is 5.95 Å². The number of hydrogen-bond acceptors (Lipinski definition) is 6. The molecule has 1 aliphatic heterocycles. The Morgan fingerprint density at radius 3 is 2.95 bits per heavy atom. The predicted octanol–water partition coefficient (Wildman–Crippen LogP) is 0.791. The summed E-state index contributed by atoms with van der Waals surface area (Å²) in [5.74, 6) is 0.540. The second-order valence-corrected chi connectivity index (χ2v) is 4.56. The lowest BCUT2D eigenvalue weighted by atomic mass is 10.3. The summed E-state index contributed by atoms with van der Waals surface area (Å²) in [6.07, 6.45) is 1.03. The molecule has 0 unspecified atom stereocenters. The minimum atomic E-state index is 0.406. The van der Waals surface area contributed by atoms with E-state index in [0.29, 0.717) is 11.6 Å². The molecule has 1 N–H and O–H groups in total. The maximum atomic E-state index is 8.84. The standard InChI is InChI=1S/C13H19N5O/c1-11-9-12(10-14)17-13(16-11)15-3-2-4-18-5-7-19-8-6-18/h9H,2-8H2,1H3,(H,15,16,17). The predicted molar refractivity (Wildman–Crippen MR) is 71.8 cm³/mol. The van der Waals surface area contributed by atoms with Crippen LogP contribution in [0.25, 0.3) is 0 Å². The molecule has 1 aromatic rings. The summed E-state index contributed by atoms with van der Waals surface area (Å²) in [5.41, 5.74) is 1.21. The third kappa shape index (κ3) is 4.47. The van der Waals surface area contributed by atoms with Crippen molar-refractivity contribution < 1.29 is 4.74 Å². The van der Waals surface area contributed by atoms with Gasteiger partial charge in [-0.1, -0.05) is 0 Å². The van der Waals surface area contributed by atoms with Crippen LogP contribution in [0.3, 0.4) is 0 Å². The molecule has 1 saturated heterocycles. The summed E-state index contributed by atoms with van der Waals surface area (Å²) in [6, 6.07) is 3.72. The molecule has 0 aromatic carbocycles. The highest BCUT2D eigenvalue weighted by Crippen LogP contribution is 2.04. The molecule has 6 nitrogen and oxygen atoms in total. The number of nitrogens with zero attached hydrogens (tertiary/aromatic N) is 4. The van der Waals surface area contributed by atoms with Gasteiger partial charge in [0.05, 0.1) is 13.2 Å². The number of hydrogen-bond donors (Lipinski definition) is 1. The van der Waals surface area contributed by atoms with Gasteiger partial charge in [-0.15, -0.1) is 0 Å². The van der Waals surface area contributed by atoms with Crippen molar-refractivity contribution in [3.63, 3.8) is 0 Å². The quantitative estimate of drug-likeness (QED) is 0.790. The maximum Gasteiger partial charge on any atom is 0.224 e. The minimum absolute atomic E-state index is 0.406. The molecule has 0 aliphatic carbocycles. The second kappa shape index (κ2) is 7.02. The van der Waals surface area contributed by atoms with Gasteiger partial charge in [0, 0.05) is 25.3 Å². The molecule has 19 heavy (non-hydrogen) atoms. The Balaban J connectivity index is 1.73. The molecular formula is C13H19N5O. The van der Waals surface area contributed by atoms with E-state index in [1.807, 2.05) is 13.0 Å². The Hall–Kier alpha value is -1.71. The fraction of sp³-hybridized carbons (Fsp3) is 0.615. The molecule has 1 aromatic heterocycles. The van der Waals surface area contributed by atoms with Crippen LogP contribution >= 0.6 is 0 Å². The van der Waals surface area contributed by atoms with Gasteiger partial charge < -0.3 is 10.1 Å². The van der Waals surface area contributed by atoms with Gasteiger partial charge in [-0.05, 0) is 26.0 Å². The number of rotatable bonds is 5. The molecule has 0 atom stereocenters. The minimum Gasteiger partial charge on any atom is -0.379 e. The van der Waals surface area contributed by atoms with E-state index in [-0.39, 0.29) is 0 Å². The van der Waals surface area contributed by atoms with E-state index in [9.17, 15) is 0 Å². The van der Waals surface area contributed by atoms with E-state index >= 15 is 0 Å². The lowest BCUT2D eigenvalue weighted by Crippen LogP contribution is -2.37. The molecule has 0 radical (unpaired) electrons. The van der Waals surface area contributed by atoms with Crippen LogP contribution in [0.1, 0.15) is 17.8 Å². The van der Waals surface area contributed by atoms with Crippen LogP contribution in [-0.4, -0.2) is 54.3 Å². The first-order valence-electron chi connectivity index (χ1n) is 6.57. The zero-order valence-electron chi connectivity index (χ0n) is 11.2. The average molecular weight is 261 g/mol. The van der Waals surface area contributed by atoms with Crippen molar-refractivity contribution in [2.45, 2.75) is 13.3 Å². The average Bonchev–Trinajstić information content (AvgIpc) is 2.44. The monoisotopic (exact) mass is 261 g/mol. The molecule has 0 spiro atoms. The zero-order chi connectivity index (χ0) is 13.5. The van der Waals surface area contributed by atoms with Crippen LogP contribution in [0.4, 0.5) is 5.95 Å². The van der Waals surface area contributed by atoms with Crippen molar-refractivity contribution in [3.05, 3.63) is 17.5 Å². The Kier molecular flexibility index (Phi) is 5.07. The number of nitrogens with one attached hydrogen (secondary N) is 1. The Bertz CT molecular complexity index is 451. The van der Waals surface area contributed by atoms with Gasteiger partial charge in [0.15, 0.2) is 0 Å². The van der Waals surface area contributed by atoms with Crippen molar-refractivity contribution in [1.82, 2.24) is 14.9 Å². The number of nitriles is 1. The molecule has 0 saturated carbocycles. The molecule has 2 heterocycles. The number of aromatic nitrogens is 2. The molecule has 0 amide bonds. The first kappa shape index (κ1) is 13.7. The third-order valence-electron chi connectivity index (χ3n) is 3.01. The van der Waals surface area contributed by atoms with Gasteiger partial charge in [-0.3, -0.25) is 4.90 Å². The highest BCUT2D eigenvalue weighted by molar-refractivity contribution is 5.32. The largest absolute Gasteiger partial charge is 0.379 e. The lowest BCUT2D eigenvalue weighted by molar-refractivity contribution is 0.0378. The van der Waals surface area contributed by atoms with Gasteiger partial charge in [0.2, 0.25) is 5.95 Å². The molecular weight excluding hydrogens is 242 g/mol. The topological polar surface area (TPSA) is 74.1 Å². The molecule has 1 fully saturated rings. The van der Waals surface area contributed by atoms with Crippen LogP contribution in [0.2, 0.25) is 0 Å². The molecule has 6 heteroatoms. The van der Waals surface area contributed by atoms with Gasteiger partial charge in [0.1, 0.15) is 11.8 Å². The Morgan fingerprint density at radius 1 is 1.42 bits per heavy atom. The Labute approximate surface area is 113 Å². The smallest absolute Gasteiger partial charge is 0.224 e. The van der Waals surface area contributed by atoms with E-state index in [4.69, 9.17) is 10.00 Å². The summed E-state index contributed by atoms with van der Waals surface area (Å²) in [4.78, 5) is 10.8. The molecule has 0 bridgehead atoms. The first-order chi connectivity index (χ1) is 9.28. The number of aryl methyl sites for hydroxylation is 1. The van der Waals surface area contributed by atoms with E-state index in [1.165, 1.54) is 0 Å². The van der Waals surface area contributed by atoms with Crippen molar-refractivity contribution in [1.29, 1.82) is 5.26 Å². The number of morpholine rings is 1. The second-order valence-electron chi connectivity index (χ2n) is 4.56. The van der Waals surface area contributed by atoms with Gasteiger partial charge in [-0.2, -0.15) is 5.26 Å². The van der Waals surface area contributed by atoms with Gasteiger partial charge in [0.25, 0.3) is 0 Å². The lowest BCUT2D eigenvalue weighted by Gasteiger charge is -2.26. The van der Waals surface area contributed by atoms with E-state index < -0.39 is 0 Å². The van der Waals surface area contributed by atoms with Gasteiger partial charge >= 0.3 is 0 Å². The van der Waals surface area contributed by atoms with Crippen molar-refractivity contribution in [3.8, 4) is 6.07 Å². The maximum absolute atomic E-state index is 8.84. The summed E-state index contributed by atoms with van der Waals surface area (Å²) in [6.45, 7) is 7.42. The fourth-order valence-electron chi connectivity index (χ4n) is 2.03. The van der Waals surface area contributed by atoms with E-state index in [0.717, 1.165) is 51.5 Å². The molecule has 2 rings (SSSR count). The van der Waals surface area contributed by atoms with Crippen LogP contribution in [0.5, 0.6) is 0 Å². The van der Waals surface area contributed by atoms with Crippen LogP contribution < -0.4 is 5.32 Å². The fourth-order valence-corrected chi connectivity index (χ4v) is 2.03. The van der Waals surface area contributed by atoms with Crippen molar-refractivity contribution in [2.75, 3.05) is 44.7 Å². The van der Waals surface area contributed by atoms with Crippen LogP contribution in [0, 0.1) is 18.3 Å². The first-order valence-corrected chi connectivity index (χ1v) is 6.57. The highest BCUT2D eigenvalue weighted by atomic mass is 16.5. The highest BCUT2D eigenvalue weighted by Gasteiger charge is 2.09. The Morgan fingerprint density at radius 2 is 2.21 bits per heavy atom. The summed E-state index contributed by atoms with van der Waals surface area (Å²) in [5, 5.41) is 12.0. The zero-order valence-corrected chi connectivity index (χ0v) is 11.2. The number of anilines is 1. The number of ether oxygens (including phenoxy) is 1. The van der Waals surface area contributed by atoms with E-state index in [2.05, 4.69) is 20.2 Å². The molecule has 102 valence electrons. The van der Waals surface area contributed by atoms with Crippen LogP contribution in [-0.2, 0) is 4.74 Å². The summed E-state index contributed by atoms with van der Waals surface area (Å²) < 4.78 is 5.31. The molecule has 1 aliphatic rings. The van der Waals surface area contributed by atoms with Crippen molar-refractivity contribution in [2.24, 2.45) is 0 Å². The summed E-state index contributed by atoms with van der Waals surface area (Å²) in [7, 11) is 0. The SMILES string of the molecule is Cc1cc(C#N)nc(NCCCN2CCOCC2)n1. The summed E-state index contributed by atoms with van der Waals surface area (Å²) >= 11 is 0. The van der Waals surface area contributed by atoms with E-state index in [1.54, 1.807) is 6.07 Å². The third-order valence-corrected chi connectivity index (χ3v) is 3.01. The van der Waals surface area contributed by atoms with Gasteiger partial charge in [-0.25, -0.2) is 9.97 Å². The normalized spacial score (nSPS) is 16.0. The van der Waals surface area contributed by atoms with Crippen LogP contribution in [0.15, 0.2) is 6.07 Å².